The fraction of sp³-hybridized carbons (Fsp3) is 0.520. The highest BCUT2D eigenvalue weighted by Gasteiger charge is 2.25. The number of nitrogens with one attached hydrogen (secondary N) is 4. The van der Waals surface area contributed by atoms with E-state index in [1.165, 1.54) is 24.3 Å². The lowest BCUT2D eigenvalue weighted by molar-refractivity contribution is -0.149. The molecule has 14 nitrogen and oxygen atoms in total. The molecule has 1 rings (SSSR count). The molecule has 0 aromatic heterocycles. The van der Waals surface area contributed by atoms with Gasteiger partial charge in [-0.15, -0.1) is 0 Å². The maximum atomic E-state index is 12.6. The molecule has 0 radical (unpaired) electrons. The third-order valence-corrected chi connectivity index (χ3v) is 4.91. The Balaban J connectivity index is 2.83. The third kappa shape index (κ3) is 13.4. The zero-order chi connectivity index (χ0) is 29.5. The minimum atomic E-state index is -1.49. The molecule has 0 aliphatic carbocycles. The summed E-state index contributed by atoms with van der Waals surface area (Å²) in [5, 5.41) is 23.1. The van der Waals surface area contributed by atoms with Crippen molar-refractivity contribution >= 4 is 35.6 Å². The van der Waals surface area contributed by atoms with Crippen molar-refractivity contribution in [2.24, 2.45) is 11.8 Å². The highest BCUT2D eigenvalue weighted by molar-refractivity contribution is 5.99. The van der Waals surface area contributed by atoms with E-state index in [-0.39, 0.29) is 42.3 Å². The number of amides is 4. The molecule has 0 aliphatic heterocycles. The van der Waals surface area contributed by atoms with E-state index in [9.17, 15) is 28.8 Å². The van der Waals surface area contributed by atoms with E-state index in [0.29, 0.717) is 6.54 Å². The Morgan fingerprint density at radius 1 is 0.744 bits per heavy atom. The van der Waals surface area contributed by atoms with Crippen LogP contribution in [0, 0.1) is 11.8 Å². The summed E-state index contributed by atoms with van der Waals surface area (Å²) in [6.07, 6.45) is -4.02. The molecular weight excluding hydrogens is 516 g/mol. The Hall–Kier alpha value is -4.04. The van der Waals surface area contributed by atoms with Crippen LogP contribution < -0.4 is 21.6 Å². The van der Waals surface area contributed by atoms with Crippen molar-refractivity contribution in [1.82, 2.24) is 21.6 Å². The maximum absolute atomic E-state index is 12.6. The number of hydroxylamine groups is 2. The summed E-state index contributed by atoms with van der Waals surface area (Å²) in [7, 11) is 0. The second-order valence-electron chi connectivity index (χ2n) is 9.46. The van der Waals surface area contributed by atoms with Gasteiger partial charge in [0.15, 0.2) is 12.2 Å². The number of hydrogen-bond acceptors (Lipinski definition) is 8. The number of rotatable bonds is 17. The summed E-state index contributed by atoms with van der Waals surface area (Å²) in [6.45, 7) is 8.05. The lowest BCUT2D eigenvalue weighted by Gasteiger charge is -2.18. The zero-order valence-electron chi connectivity index (χ0n) is 22.3. The molecule has 0 aliphatic rings. The van der Waals surface area contributed by atoms with Gasteiger partial charge < -0.3 is 20.8 Å². The van der Waals surface area contributed by atoms with Gasteiger partial charge in [-0.2, -0.15) is 0 Å². The van der Waals surface area contributed by atoms with Crippen molar-refractivity contribution in [3.63, 3.8) is 0 Å². The molecule has 6 N–H and O–H groups in total. The number of carboxylic acids is 2. The van der Waals surface area contributed by atoms with Gasteiger partial charge in [0.05, 0.1) is 6.42 Å². The SMILES string of the molecule is CC(C)CNC(=O)[C@@H](CCC(=O)O)ONC(=O)c1cccc(C(=O)NO[C@H](CC(=O)O)C(=O)NCC(C)C)c1. The van der Waals surface area contributed by atoms with E-state index in [1.807, 2.05) is 33.2 Å². The van der Waals surface area contributed by atoms with Gasteiger partial charge in [0.2, 0.25) is 0 Å². The Labute approximate surface area is 225 Å². The molecule has 1 aromatic rings. The topological polar surface area (TPSA) is 209 Å². The monoisotopic (exact) mass is 552 g/mol. The minimum absolute atomic E-state index is 0.0426. The Morgan fingerprint density at radius 2 is 1.21 bits per heavy atom. The van der Waals surface area contributed by atoms with Crippen LogP contribution in [0.25, 0.3) is 0 Å². The predicted octanol–water partition coefficient (Wildman–Crippen LogP) is 0.631. The smallest absolute Gasteiger partial charge is 0.306 e. The molecule has 39 heavy (non-hydrogen) atoms. The van der Waals surface area contributed by atoms with Crippen molar-refractivity contribution in [2.75, 3.05) is 13.1 Å². The number of carbonyl (C=O) groups excluding carboxylic acids is 4. The van der Waals surface area contributed by atoms with Crippen LogP contribution in [0.4, 0.5) is 0 Å². The van der Waals surface area contributed by atoms with Crippen LogP contribution in [0.15, 0.2) is 24.3 Å². The van der Waals surface area contributed by atoms with Crippen molar-refractivity contribution in [3.8, 4) is 0 Å². The van der Waals surface area contributed by atoms with Crippen LogP contribution in [0.2, 0.25) is 0 Å². The molecular formula is C25H36N4O10. The van der Waals surface area contributed by atoms with Crippen molar-refractivity contribution in [1.29, 1.82) is 0 Å². The molecule has 0 saturated carbocycles. The second kappa shape index (κ2) is 16.7. The number of benzene rings is 1. The van der Waals surface area contributed by atoms with Crippen molar-refractivity contribution < 1.29 is 48.7 Å². The summed E-state index contributed by atoms with van der Waals surface area (Å²) in [6, 6.07) is 5.25. The summed E-state index contributed by atoms with van der Waals surface area (Å²) >= 11 is 0. The number of carbonyl (C=O) groups is 6. The summed E-state index contributed by atoms with van der Waals surface area (Å²) in [5.41, 5.74) is 4.01. The number of carboxylic acid groups (broad SMARTS) is 2. The van der Waals surface area contributed by atoms with Crippen LogP contribution in [0.1, 0.15) is 67.7 Å². The van der Waals surface area contributed by atoms with E-state index >= 15 is 0 Å². The van der Waals surface area contributed by atoms with Crippen LogP contribution >= 0.6 is 0 Å². The molecule has 216 valence electrons. The quantitative estimate of drug-likeness (QED) is 0.148. The lowest BCUT2D eigenvalue weighted by atomic mass is 10.1. The van der Waals surface area contributed by atoms with Crippen molar-refractivity contribution in [2.45, 2.75) is 59.2 Å². The summed E-state index contributed by atoms with van der Waals surface area (Å²) in [5.74, 6) is -5.20. The van der Waals surface area contributed by atoms with Gasteiger partial charge in [-0.25, -0.2) is 11.0 Å². The molecule has 0 saturated heterocycles. The maximum Gasteiger partial charge on any atom is 0.306 e. The normalized spacial score (nSPS) is 12.4. The summed E-state index contributed by atoms with van der Waals surface area (Å²) < 4.78 is 0. The predicted molar refractivity (Wildman–Crippen MR) is 136 cm³/mol. The second-order valence-corrected chi connectivity index (χ2v) is 9.46. The van der Waals surface area contributed by atoms with Crippen LogP contribution in [-0.2, 0) is 28.9 Å². The largest absolute Gasteiger partial charge is 0.481 e. The van der Waals surface area contributed by atoms with E-state index in [1.54, 1.807) is 0 Å². The fourth-order valence-electron chi connectivity index (χ4n) is 2.85. The van der Waals surface area contributed by atoms with Gasteiger partial charge in [-0.1, -0.05) is 33.8 Å². The Kier molecular flexibility index (Phi) is 14.2. The first-order valence-corrected chi connectivity index (χ1v) is 12.3. The fourth-order valence-corrected chi connectivity index (χ4v) is 2.85. The molecule has 0 spiro atoms. The van der Waals surface area contributed by atoms with Gasteiger partial charge >= 0.3 is 11.9 Å². The minimum Gasteiger partial charge on any atom is -0.481 e. The highest BCUT2D eigenvalue weighted by atomic mass is 16.7. The van der Waals surface area contributed by atoms with Gasteiger partial charge in [0.25, 0.3) is 23.6 Å². The molecule has 0 fully saturated rings. The van der Waals surface area contributed by atoms with E-state index in [0.717, 1.165) is 0 Å². The van der Waals surface area contributed by atoms with Crippen LogP contribution in [-0.4, -0.2) is 71.1 Å². The molecule has 0 unspecified atom stereocenters. The van der Waals surface area contributed by atoms with Crippen molar-refractivity contribution in [3.05, 3.63) is 35.4 Å². The Morgan fingerprint density at radius 3 is 1.64 bits per heavy atom. The van der Waals surface area contributed by atoms with E-state index in [2.05, 4.69) is 16.1 Å². The van der Waals surface area contributed by atoms with E-state index < -0.39 is 54.2 Å². The zero-order valence-corrected chi connectivity index (χ0v) is 22.3. The Bertz CT molecular complexity index is 1030. The number of aliphatic carboxylic acids is 2. The first kappa shape index (κ1) is 33.0. The molecule has 14 heteroatoms. The van der Waals surface area contributed by atoms with Gasteiger partial charge in [-0.05, 0) is 36.5 Å². The van der Waals surface area contributed by atoms with Crippen LogP contribution in [0.5, 0.6) is 0 Å². The molecule has 0 heterocycles. The van der Waals surface area contributed by atoms with Gasteiger partial charge in [-0.3, -0.25) is 38.4 Å². The molecule has 2 atom stereocenters. The highest BCUT2D eigenvalue weighted by Crippen LogP contribution is 2.08. The summed E-state index contributed by atoms with van der Waals surface area (Å²) in [4.78, 5) is 82.0. The van der Waals surface area contributed by atoms with Gasteiger partial charge in [0.1, 0.15) is 0 Å². The first-order chi connectivity index (χ1) is 18.3. The average molecular weight is 553 g/mol. The molecule has 4 amide bonds. The third-order valence-electron chi connectivity index (χ3n) is 4.91. The standard InChI is InChI=1S/C25H36N4O10/c1-14(2)12-26-24(36)18(8-9-20(30)31)38-28-22(34)16-6-5-7-17(10-16)23(35)29-39-19(11-21(32)33)25(37)27-13-15(3)4/h5-7,10,14-15,18-19H,8-9,11-13H2,1-4H3,(H,26,36)(H,27,37)(H,28,34)(H,29,35)(H,30,31)(H,32,33)/t18-,19-/m1/s1. The van der Waals surface area contributed by atoms with Crippen LogP contribution in [0.3, 0.4) is 0 Å². The molecule has 0 bridgehead atoms. The molecule has 1 aromatic carbocycles. The number of hydrogen-bond donors (Lipinski definition) is 6. The first-order valence-electron chi connectivity index (χ1n) is 12.3. The average Bonchev–Trinajstić information content (AvgIpc) is 2.87. The lowest BCUT2D eigenvalue weighted by Crippen LogP contribution is -2.43. The van der Waals surface area contributed by atoms with E-state index in [4.69, 9.17) is 19.9 Å². The van der Waals surface area contributed by atoms with Gasteiger partial charge in [0, 0.05) is 30.6 Å².